The molecule has 0 spiro atoms. The molecule has 1 heterocycles. The Labute approximate surface area is 125 Å². The highest BCUT2D eigenvalue weighted by molar-refractivity contribution is 5.82. The largest absolute Gasteiger partial charge is 0.480 e. The molecule has 3 amide bonds. The molecular weight excluding hydrogens is 274 g/mol. The quantitative estimate of drug-likeness (QED) is 0.789. The smallest absolute Gasteiger partial charge is 0.326 e. The molecule has 1 aliphatic heterocycles. The molecule has 0 aromatic heterocycles. The fourth-order valence-corrected chi connectivity index (χ4v) is 2.34. The van der Waals surface area contributed by atoms with E-state index in [1.165, 1.54) is 6.92 Å². The average molecular weight is 299 g/mol. The zero-order valence-electron chi connectivity index (χ0n) is 12.8. The fraction of sp³-hybridized carbons (Fsp3) is 0.786. The van der Waals surface area contributed by atoms with Crippen LogP contribution in [0.5, 0.6) is 0 Å². The van der Waals surface area contributed by atoms with Crippen molar-refractivity contribution in [1.29, 1.82) is 0 Å². The number of carbonyl (C=O) groups excluding carboxylic acids is 2. The SMILES string of the molecule is CCCC[C@H](NC(=O)N1CCCN(C(C)=O)CC1)C(=O)O. The van der Waals surface area contributed by atoms with Crippen molar-refractivity contribution in [2.45, 2.75) is 45.6 Å². The van der Waals surface area contributed by atoms with Crippen LogP contribution in [0.4, 0.5) is 4.79 Å². The number of hydrogen-bond donors (Lipinski definition) is 2. The van der Waals surface area contributed by atoms with Gasteiger partial charge in [0.05, 0.1) is 0 Å². The molecule has 1 rings (SSSR count). The van der Waals surface area contributed by atoms with E-state index in [-0.39, 0.29) is 11.9 Å². The van der Waals surface area contributed by atoms with Crippen LogP contribution in [0.25, 0.3) is 0 Å². The first-order valence-corrected chi connectivity index (χ1v) is 7.49. The molecule has 7 nitrogen and oxygen atoms in total. The number of urea groups is 1. The van der Waals surface area contributed by atoms with Crippen molar-refractivity contribution in [3.63, 3.8) is 0 Å². The van der Waals surface area contributed by atoms with E-state index in [0.29, 0.717) is 39.0 Å². The Bertz CT molecular complexity index is 386. The molecule has 0 saturated carbocycles. The molecule has 1 saturated heterocycles. The Morgan fingerprint density at radius 1 is 1.14 bits per heavy atom. The Balaban J connectivity index is 2.53. The van der Waals surface area contributed by atoms with Crippen molar-refractivity contribution in [2.75, 3.05) is 26.2 Å². The summed E-state index contributed by atoms with van der Waals surface area (Å²) in [6.45, 7) is 5.60. The van der Waals surface area contributed by atoms with Crippen LogP contribution in [0.3, 0.4) is 0 Å². The summed E-state index contributed by atoms with van der Waals surface area (Å²) in [5.41, 5.74) is 0. The van der Waals surface area contributed by atoms with Gasteiger partial charge >= 0.3 is 12.0 Å². The van der Waals surface area contributed by atoms with Crippen LogP contribution in [0, 0.1) is 0 Å². The van der Waals surface area contributed by atoms with Gasteiger partial charge in [-0.05, 0) is 12.8 Å². The summed E-state index contributed by atoms with van der Waals surface area (Å²) in [6, 6.07) is -1.20. The van der Waals surface area contributed by atoms with Crippen LogP contribution in [0.15, 0.2) is 0 Å². The lowest BCUT2D eigenvalue weighted by Crippen LogP contribution is -2.49. The maximum Gasteiger partial charge on any atom is 0.326 e. The van der Waals surface area contributed by atoms with E-state index in [2.05, 4.69) is 5.32 Å². The van der Waals surface area contributed by atoms with E-state index >= 15 is 0 Å². The molecule has 2 N–H and O–H groups in total. The minimum Gasteiger partial charge on any atom is -0.480 e. The van der Waals surface area contributed by atoms with Gasteiger partial charge in [-0.25, -0.2) is 9.59 Å². The van der Waals surface area contributed by atoms with Crippen molar-refractivity contribution >= 4 is 17.9 Å². The van der Waals surface area contributed by atoms with Crippen molar-refractivity contribution in [1.82, 2.24) is 15.1 Å². The first kappa shape index (κ1) is 17.3. The summed E-state index contributed by atoms with van der Waals surface area (Å²) in [6.07, 6.45) is 2.79. The predicted octanol–water partition coefficient (Wildman–Crippen LogP) is 0.894. The van der Waals surface area contributed by atoms with Gasteiger partial charge in [0.15, 0.2) is 0 Å². The minimum absolute atomic E-state index is 0.00335. The summed E-state index contributed by atoms with van der Waals surface area (Å²) in [5.74, 6) is -0.999. The standard InChI is InChI=1S/C14H25N3O4/c1-3-4-6-12(13(19)20)15-14(21)17-8-5-7-16(9-10-17)11(2)18/h12H,3-10H2,1-2H3,(H,15,21)(H,19,20)/t12-/m0/s1. The number of aliphatic carboxylic acids is 1. The van der Waals surface area contributed by atoms with Crippen molar-refractivity contribution in [3.8, 4) is 0 Å². The summed E-state index contributed by atoms with van der Waals surface area (Å²) < 4.78 is 0. The number of nitrogens with zero attached hydrogens (tertiary/aromatic N) is 2. The minimum atomic E-state index is -1.00. The van der Waals surface area contributed by atoms with Crippen LogP contribution < -0.4 is 5.32 Å². The molecule has 21 heavy (non-hydrogen) atoms. The number of nitrogens with one attached hydrogen (secondary N) is 1. The van der Waals surface area contributed by atoms with Gasteiger partial charge in [-0.2, -0.15) is 0 Å². The fourth-order valence-electron chi connectivity index (χ4n) is 2.34. The van der Waals surface area contributed by atoms with Gasteiger partial charge in [0.2, 0.25) is 5.91 Å². The van der Waals surface area contributed by atoms with E-state index in [1.807, 2.05) is 6.92 Å². The van der Waals surface area contributed by atoms with Crippen molar-refractivity contribution in [2.24, 2.45) is 0 Å². The van der Waals surface area contributed by atoms with Crippen LogP contribution in [-0.4, -0.2) is 65.0 Å². The monoisotopic (exact) mass is 299 g/mol. The third kappa shape index (κ3) is 5.61. The van der Waals surface area contributed by atoms with Crippen LogP contribution in [0.1, 0.15) is 39.5 Å². The van der Waals surface area contributed by atoms with Gasteiger partial charge in [0, 0.05) is 33.1 Å². The first-order chi connectivity index (χ1) is 9.95. The number of amides is 3. The Kier molecular flexibility index (Phi) is 6.98. The maximum absolute atomic E-state index is 12.2. The van der Waals surface area contributed by atoms with Gasteiger partial charge < -0.3 is 20.2 Å². The average Bonchev–Trinajstić information content (AvgIpc) is 2.68. The van der Waals surface area contributed by atoms with Gasteiger partial charge in [-0.15, -0.1) is 0 Å². The molecule has 1 atom stereocenters. The van der Waals surface area contributed by atoms with Gasteiger partial charge in [-0.3, -0.25) is 4.79 Å². The zero-order valence-corrected chi connectivity index (χ0v) is 12.8. The highest BCUT2D eigenvalue weighted by atomic mass is 16.4. The number of carboxylic acids is 1. The second-order valence-corrected chi connectivity index (χ2v) is 5.33. The number of hydrogen-bond acceptors (Lipinski definition) is 3. The molecule has 0 unspecified atom stereocenters. The van der Waals surface area contributed by atoms with Crippen LogP contribution >= 0.6 is 0 Å². The van der Waals surface area contributed by atoms with Gasteiger partial charge in [0.1, 0.15) is 6.04 Å². The van der Waals surface area contributed by atoms with E-state index in [0.717, 1.165) is 12.8 Å². The van der Waals surface area contributed by atoms with Crippen LogP contribution in [0.2, 0.25) is 0 Å². The van der Waals surface area contributed by atoms with E-state index in [4.69, 9.17) is 5.11 Å². The van der Waals surface area contributed by atoms with Crippen molar-refractivity contribution < 1.29 is 19.5 Å². The number of rotatable bonds is 5. The lowest BCUT2D eigenvalue weighted by atomic mass is 10.1. The number of unbranched alkanes of at least 4 members (excludes halogenated alkanes) is 1. The summed E-state index contributed by atoms with van der Waals surface area (Å²) in [4.78, 5) is 37.9. The summed E-state index contributed by atoms with van der Waals surface area (Å²) in [7, 11) is 0. The lowest BCUT2D eigenvalue weighted by molar-refractivity contribution is -0.139. The van der Waals surface area contributed by atoms with E-state index in [1.54, 1.807) is 9.80 Å². The van der Waals surface area contributed by atoms with Gasteiger partial charge in [-0.1, -0.05) is 19.8 Å². The highest BCUT2D eigenvalue weighted by Gasteiger charge is 2.24. The third-order valence-electron chi connectivity index (χ3n) is 3.67. The zero-order chi connectivity index (χ0) is 15.8. The Hall–Kier alpha value is -1.79. The number of carboxylic acid groups (broad SMARTS) is 1. The Morgan fingerprint density at radius 2 is 1.76 bits per heavy atom. The van der Waals surface area contributed by atoms with Crippen LogP contribution in [-0.2, 0) is 9.59 Å². The molecule has 1 aliphatic rings. The highest BCUT2D eigenvalue weighted by Crippen LogP contribution is 2.06. The van der Waals surface area contributed by atoms with Crippen molar-refractivity contribution in [3.05, 3.63) is 0 Å². The Morgan fingerprint density at radius 3 is 2.33 bits per heavy atom. The second-order valence-electron chi connectivity index (χ2n) is 5.33. The summed E-state index contributed by atoms with van der Waals surface area (Å²) >= 11 is 0. The lowest BCUT2D eigenvalue weighted by Gasteiger charge is -2.24. The molecule has 0 aromatic carbocycles. The normalized spacial score (nSPS) is 17.0. The predicted molar refractivity (Wildman–Crippen MR) is 77.9 cm³/mol. The van der Waals surface area contributed by atoms with E-state index in [9.17, 15) is 14.4 Å². The topological polar surface area (TPSA) is 90.0 Å². The molecule has 7 heteroatoms. The molecule has 120 valence electrons. The van der Waals surface area contributed by atoms with E-state index < -0.39 is 12.0 Å². The molecule has 0 bridgehead atoms. The molecular formula is C14H25N3O4. The molecule has 0 radical (unpaired) electrons. The summed E-state index contributed by atoms with van der Waals surface area (Å²) in [5, 5.41) is 11.7. The third-order valence-corrected chi connectivity index (χ3v) is 3.67. The van der Waals surface area contributed by atoms with Gasteiger partial charge in [0.25, 0.3) is 0 Å². The maximum atomic E-state index is 12.2. The molecule has 1 fully saturated rings. The first-order valence-electron chi connectivity index (χ1n) is 7.49. The molecule has 0 aromatic rings. The number of carbonyl (C=O) groups is 3. The second kappa shape index (κ2) is 8.49. The molecule has 0 aliphatic carbocycles.